The van der Waals surface area contributed by atoms with Crippen LogP contribution in [0.2, 0.25) is 10.0 Å². The maximum Gasteiger partial charge on any atom is 0.319 e. The van der Waals surface area contributed by atoms with Gasteiger partial charge in [0.15, 0.2) is 0 Å². The van der Waals surface area contributed by atoms with Gasteiger partial charge in [0.2, 0.25) is 0 Å². The number of halogens is 2. The predicted octanol–water partition coefficient (Wildman–Crippen LogP) is 5.24. The summed E-state index contributed by atoms with van der Waals surface area (Å²) in [6.45, 7) is 0.622. The fourth-order valence-electron chi connectivity index (χ4n) is 3.01. The second-order valence-electron chi connectivity index (χ2n) is 5.97. The lowest BCUT2D eigenvalue weighted by atomic mass is 9.64. The van der Waals surface area contributed by atoms with Gasteiger partial charge >= 0.3 is 6.03 Å². The van der Waals surface area contributed by atoms with Crippen molar-refractivity contribution in [3.8, 4) is 0 Å². The highest BCUT2D eigenvalue weighted by Gasteiger charge is 2.38. The molecule has 1 aliphatic carbocycles. The number of nitrogens with one attached hydrogen (secondary N) is 2. The average Bonchev–Trinajstić information content (AvgIpc) is 2.46. The zero-order valence-electron chi connectivity index (χ0n) is 12.6. The highest BCUT2D eigenvalue weighted by Crippen LogP contribution is 2.43. The molecule has 5 heteroatoms. The van der Waals surface area contributed by atoms with Gasteiger partial charge in [-0.1, -0.05) is 60.0 Å². The lowest BCUT2D eigenvalue weighted by Crippen LogP contribution is -2.46. The number of urea groups is 1. The van der Waals surface area contributed by atoms with Crippen LogP contribution in [0.25, 0.3) is 0 Å². The first-order valence-corrected chi connectivity index (χ1v) is 8.39. The minimum atomic E-state index is -0.245. The van der Waals surface area contributed by atoms with E-state index in [0.717, 1.165) is 12.8 Å². The van der Waals surface area contributed by atoms with E-state index in [1.54, 1.807) is 18.2 Å². The van der Waals surface area contributed by atoms with Crippen LogP contribution in [-0.4, -0.2) is 12.6 Å². The van der Waals surface area contributed by atoms with Crippen LogP contribution in [0.1, 0.15) is 24.8 Å². The Kier molecular flexibility index (Phi) is 4.79. The Bertz CT molecular complexity index is 679. The summed E-state index contributed by atoms with van der Waals surface area (Å²) >= 11 is 11.9. The van der Waals surface area contributed by atoms with Crippen molar-refractivity contribution in [2.45, 2.75) is 24.7 Å². The van der Waals surface area contributed by atoms with Crippen molar-refractivity contribution in [1.29, 1.82) is 0 Å². The van der Waals surface area contributed by atoms with Gasteiger partial charge in [-0.15, -0.1) is 0 Å². The summed E-state index contributed by atoms with van der Waals surface area (Å²) in [7, 11) is 0. The minimum Gasteiger partial charge on any atom is -0.337 e. The molecule has 120 valence electrons. The maximum atomic E-state index is 12.1. The molecule has 1 fully saturated rings. The zero-order chi connectivity index (χ0) is 16.3. The smallest absolute Gasteiger partial charge is 0.319 e. The molecule has 2 N–H and O–H groups in total. The fourth-order valence-corrected chi connectivity index (χ4v) is 3.54. The van der Waals surface area contributed by atoms with E-state index in [9.17, 15) is 4.79 Å². The molecular formula is C18H18Cl2N2O. The van der Waals surface area contributed by atoms with Crippen molar-refractivity contribution in [3.63, 3.8) is 0 Å². The van der Waals surface area contributed by atoms with Gasteiger partial charge in [0.1, 0.15) is 0 Å². The lowest BCUT2D eigenvalue weighted by molar-refractivity contribution is 0.222. The van der Waals surface area contributed by atoms with Crippen molar-refractivity contribution in [2.24, 2.45) is 0 Å². The molecule has 23 heavy (non-hydrogen) atoms. The number of carbonyl (C=O) groups excluding carboxylic acids is 1. The second-order valence-corrected chi connectivity index (χ2v) is 6.84. The number of benzene rings is 2. The van der Waals surface area contributed by atoms with Crippen LogP contribution in [0.3, 0.4) is 0 Å². The van der Waals surface area contributed by atoms with Crippen LogP contribution < -0.4 is 10.6 Å². The maximum absolute atomic E-state index is 12.1. The molecule has 1 aliphatic rings. The molecule has 0 spiro atoms. The molecule has 0 bridgehead atoms. The summed E-state index contributed by atoms with van der Waals surface area (Å²) < 4.78 is 0. The van der Waals surface area contributed by atoms with Crippen molar-refractivity contribution in [3.05, 3.63) is 64.1 Å². The summed E-state index contributed by atoms with van der Waals surface area (Å²) in [5.41, 5.74) is 1.93. The van der Waals surface area contributed by atoms with Gasteiger partial charge < -0.3 is 10.6 Å². The minimum absolute atomic E-state index is 0.0601. The molecular weight excluding hydrogens is 331 g/mol. The Hall–Kier alpha value is -1.71. The van der Waals surface area contributed by atoms with Gasteiger partial charge in [-0.2, -0.15) is 0 Å². The standard InChI is InChI=1S/C18H18Cl2N2O/c19-14-9-15(20)11-16(10-14)22-17(23)21-12-18(7-4-8-18)13-5-2-1-3-6-13/h1-3,5-6,9-11H,4,7-8,12H2,(H2,21,22,23). The summed E-state index contributed by atoms with van der Waals surface area (Å²) in [5.74, 6) is 0. The van der Waals surface area contributed by atoms with Gasteiger partial charge in [0.05, 0.1) is 0 Å². The van der Waals surface area contributed by atoms with E-state index in [2.05, 4.69) is 22.8 Å². The fraction of sp³-hybridized carbons (Fsp3) is 0.278. The number of carbonyl (C=O) groups is 1. The molecule has 0 atom stereocenters. The van der Waals surface area contributed by atoms with Crippen LogP contribution in [-0.2, 0) is 5.41 Å². The third-order valence-corrected chi connectivity index (χ3v) is 4.84. The van der Waals surface area contributed by atoms with Crippen LogP contribution in [0.5, 0.6) is 0 Å². The Morgan fingerprint density at radius 3 is 2.26 bits per heavy atom. The van der Waals surface area contributed by atoms with Crippen molar-refractivity contribution < 1.29 is 4.79 Å². The van der Waals surface area contributed by atoms with Crippen LogP contribution >= 0.6 is 23.2 Å². The number of rotatable bonds is 4. The largest absolute Gasteiger partial charge is 0.337 e. The zero-order valence-corrected chi connectivity index (χ0v) is 14.1. The van der Waals surface area contributed by atoms with Crippen LogP contribution in [0.4, 0.5) is 10.5 Å². The van der Waals surface area contributed by atoms with Crippen LogP contribution in [0.15, 0.2) is 48.5 Å². The molecule has 2 aromatic rings. The second kappa shape index (κ2) is 6.81. The van der Waals surface area contributed by atoms with Gasteiger partial charge in [-0.3, -0.25) is 0 Å². The molecule has 2 aromatic carbocycles. The average molecular weight is 349 g/mol. The molecule has 0 unspecified atom stereocenters. The van der Waals surface area contributed by atoms with E-state index in [0.29, 0.717) is 22.3 Å². The molecule has 3 nitrogen and oxygen atoms in total. The number of amides is 2. The van der Waals surface area contributed by atoms with Crippen molar-refractivity contribution in [2.75, 3.05) is 11.9 Å². The third-order valence-electron chi connectivity index (χ3n) is 4.40. The Labute approximate surface area is 146 Å². The quantitative estimate of drug-likeness (QED) is 0.779. The molecule has 0 heterocycles. The van der Waals surface area contributed by atoms with Crippen LogP contribution in [0, 0.1) is 0 Å². The topological polar surface area (TPSA) is 41.1 Å². The lowest BCUT2D eigenvalue weighted by Gasteiger charge is -2.42. The summed E-state index contributed by atoms with van der Waals surface area (Å²) in [4.78, 5) is 12.1. The number of hydrogen-bond acceptors (Lipinski definition) is 1. The third kappa shape index (κ3) is 3.80. The highest BCUT2D eigenvalue weighted by atomic mass is 35.5. The summed E-state index contributed by atoms with van der Waals surface area (Å²) in [6.07, 6.45) is 3.39. The van der Waals surface area contributed by atoms with Crippen molar-refractivity contribution >= 4 is 34.9 Å². The Morgan fingerprint density at radius 1 is 1.04 bits per heavy atom. The molecule has 0 aromatic heterocycles. The number of anilines is 1. The predicted molar refractivity (Wildman–Crippen MR) is 95.5 cm³/mol. The first kappa shape index (κ1) is 16.2. The Morgan fingerprint density at radius 2 is 1.70 bits per heavy atom. The van der Waals surface area contributed by atoms with E-state index in [4.69, 9.17) is 23.2 Å². The van der Waals surface area contributed by atoms with Gasteiger partial charge in [-0.25, -0.2) is 4.79 Å². The molecule has 1 saturated carbocycles. The van der Waals surface area contributed by atoms with Gasteiger partial charge in [0.25, 0.3) is 0 Å². The van der Waals surface area contributed by atoms with E-state index in [-0.39, 0.29) is 11.4 Å². The molecule has 0 aliphatic heterocycles. The first-order chi connectivity index (χ1) is 11.1. The summed E-state index contributed by atoms with van der Waals surface area (Å²) in [5, 5.41) is 6.74. The van der Waals surface area contributed by atoms with E-state index in [1.165, 1.54) is 12.0 Å². The molecule has 2 amide bonds. The van der Waals surface area contributed by atoms with Gasteiger partial charge in [-0.05, 0) is 36.6 Å². The molecule has 0 radical (unpaired) electrons. The van der Waals surface area contributed by atoms with E-state index in [1.807, 2.05) is 18.2 Å². The monoisotopic (exact) mass is 348 g/mol. The normalized spacial score (nSPS) is 15.6. The Balaban J connectivity index is 1.62. The van der Waals surface area contributed by atoms with E-state index >= 15 is 0 Å². The summed E-state index contributed by atoms with van der Waals surface area (Å²) in [6, 6.07) is 15.1. The highest BCUT2D eigenvalue weighted by molar-refractivity contribution is 6.35. The molecule has 0 saturated heterocycles. The molecule has 3 rings (SSSR count). The van der Waals surface area contributed by atoms with E-state index < -0.39 is 0 Å². The van der Waals surface area contributed by atoms with Crippen molar-refractivity contribution in [1.82, 2.24) is 5.32 Å². The number of hydrogen-bond donors (Lipinski definition) is 2. The van der Waals surface area contributed by atoms with Gasteiger partial charge in [0, 0.05) is 27.7 Å². The first-order valence-electron chi connectivity index (χ1n) is 7.64. The SMILES string of the molecule is O=C(NCC1(c2ccccc2)CCC1)Nc1cc(Cl)cc(Cl)c1.